The van der Waals surface area contributed by atoms with E-state index in [-0.39, 0.29) is 0 Å². The van der Waals surface area contributed by atoms with Crippen LogP contribution in [-0.2, 0) is 14.6 Å². The molecule has 0 aromatic heterocycles. The quantitative estimate of drug-likeness (QED) is 0.545. The van der Waals surface area contributed by atoms with E-state index in [0.29, 0.717) is 6.54 Å². The highest BCUT2D eigenvalue weighted by Crippen LogP contribution is 2.02. The lowest BCUT2D eigenvalue weighted by Gasteiger charge is -2.10. The zero-order chi connectivity index (χ0) is 12.6. The van der Waals surface area contributed by atoms with Gasteiger partial charge in [0.15, 0.2) is 9.84 Å². The van der Waals surface area contributed by atoms with Crippen molar-refractivity contribution >= 4 is 31.7 Å². The van der Waals surface area contributed by atoms with E-state index in [1.807, 2.05) is 0 Å². The van der Waals surface area contributed by atoms with Crippen molar-refractivity contribution in [1.82, 2.24) is 5.32 Å². The van der Waals surface area contributed by atoms with Crippen molar-refractivity contribution in [3.63, 3.8) is 0 Å². The first-order valence-electron chi connectivity index (χ1n) is 5.42. The summed E-state index contributed by atoms with van der Waals surface area (Å²) in [4.78, 5) is 11.4. The van der Waals surface area contributed by atoms with Gasteiger partial charge in [0.05, 0.1) is 0 Å². The lowest BCUT2D eigenvalue weighted by molar-refractivity contribution is -0.120. The molecule has 0 rings (SSSR count). The molecule has 0 radical (unpaired) electrons. The normalized spacial score (nSPS) is 13.4. The molecule has 0 spiro atoms. The predicted octanol–water partition coefficient (Wildman–Crippen LogP) is 1.49. The van der Waals surface area contributed by atoms with Gasteiger partial charge in [0.25, 0.3) is 0 Å². The molecule has 1 amide bonds. The van der Waals surface area contributed by atoms with E-state index in [2.05, 4.69) is 21.2 Å². The van der Waals surface area contributed by atoms with Crippen LogP contribution in [0.1, 0.15) is 32.6 Å². The van der Waals surface area contributed by atoms with Gasteiger partial charge >= 0.3 is 0 Å². The predicted molar refractivity (Wildman–Crippen MR) is 69.6 cm³/mol. The van der Waals surface area contributed by atoms with Crippen LogP contribution in [0.3, 0.4) is 0 Å². The Morgan fingerprint density at radius 3 is 2.31 bits per heavy atom. The molecule has 6 heteroatoms. The first-order chi connectivity index (χ1) is 7.39. The van der Waals surface area contributed by atoms with Gasteiger partial charge in [0.2, 0.25) is 5.91 Å². The lowest BCUT2D eigenvalue weighted by Crippen LogP contribution is -2.37. The van der Waals surface area contributed by atoms with Crippen LogP contribution in [0.4, 0.5) is 0 Å². The Morgan fingerprint density at radius 2 is 1.81 bits per heavy atom. The molecule has 0 aliphatic carbocycles. The summed E-state index contributed by atoms with van der Waals surface area (Å²) >= 11 is 3.35. The molecule has 1 atom stereocenters. The SMILES string of the molecule is CC(C(=O)NCCCCCCBr)S(C)(=O)=O. The van der Waals surface area contributed by atoms with Crippen molar-refractivity contribution in [2.24, 2.45) is 0 Å². The van der Waals surface area contributed by atoms with Crippen molar-refractivity contribution < 1.29 is 13.2 Å². The fourth-order valence-corrected chi connectivity index (χ4v) is 1.99. The molecule has 96 valence electrons. The number of nitrogens with one attached hydrogen (secondary N) is 1. The third-order valence-corrected chi connectivity index (χ3v) is 4.43. The minimum absolute atomic E-state index is 0.400. The lowest BCUT2D eigenvalue weighted by atomic mass is 10.2. The molecular weight excluding hydrogens is 294 g/mol. The second-order valence-corrected chi connectivity index (χ2v) is 7.03. The van der Waals surface area contributed by atoms with Gasteiger partial charge in [-0.2, -0.15) is 0 Å². The van der Waals surface area contributed by atoms with Gasteiger partial charge in [0.1, 0.15) is 5.25 Å². The van der Waals surface area contributed by atoms with E-state index in [1.54, 1.807) is 0 Å². The Kier molecular flexibility index (Phi) is 8.01. The highest BCUT2D eigenvalue weighted by atomic mass is 79.9. The number of unbranched alkanes of at least 4 members (excludes halogenated alkanes) is 3. The number of rotatable bonds is 8. The molecule has 16 heavy (non-hydrogen) atoms. The largest absolute Gasteiger partial charge is 0.355 e. The van der Waals surface area contributed by atoms with E-state index in [9.17, 15) is 13.2 Å². The Balaban J connectivity index is 3.67. The van der Waals surface area contributed by atoms with Crippen molar-refractivity contribution in [3.05, 3.63) is 0 Å². The first kappa shape index (κ1) is 15.9. The van der Waals surface area contributed by atoms with Crippen LogP contribution in [0, 0.1) is 0 Å². The zero-order valence-electron chi connectivity index (χ0n) is 9.83. The zero-order valence-corrected chi connectivity index (χ0v) is 12.2. The van der Waals surface area contributed by atoms with E-state index in [1.165, 1.54) is 6.92 Å². The Bertz CT molecular complexity index is 303. The highest BCUT2D eigenvalue weighted by Gasteiger charge is 2.22. The summed E-state index contributed by atoms with van der Waals surface area (Å²) in [5.41, 5.74) is 0. The summed E-state index contributed by atoms with van der Waals surface area (Å²) in [5.74, 6) is -0.400. The molecule has 0 saturated carbocycles. The smallest absolute Gasteiger partial charge is 0.238 e. The summed E-state index contributed by atoms with van der Waals surface area (Å²) < 4.78 is 22.2. The standard InChI is InChI=1S/C10H20BrNO3S/c1-9(16(2,14)15)10(13)12-8-6-4-3-5-7-11/h9H,3-8H2,1-2H3,(H,12,13). The van der Waals surface area contributed by atoms with Crippen LogP contribution in [0.5, 0.6) is 0 Å². The van der Waals surface area contributed by atoms with Crippen molar-refractivity contribution in [2.75, 3.05) is 18.1 Å². The average molecular weight is 314 g/mol. The van der Waals surface area contributed by atoms with Crippen LogP contribution in [-0.4, -0.2) is 37.7 Å². The number of hydrogen-bond donors (Lipinski definition) is 1. The summed E-state index contributed by atoms with van der Waals surface area (Å²) in [6.45, 7) is 1.97. The van der Waals surface area contributed by atoms with Crippen molar-refractivity contribution in [2.45, 2.75) is 37.9 Å². The first-order valence-corrected chi connectivity index (χ1v) is 8.49. The molecule has 4 nitrogen and oxygen atoms in total. The third kappa shape index (κ3) is 7.22. The fourth-order valence-electron chi connectivity index (χ4n) is 1.12. The third-order valence-electron chi connectivity index (χ3n) is 2.37. The van der Waals surface area contributed by atoms with Crippen molar-refractivity contribution in [3.8, 4) is 0 Å². The van der Waals surface area contributed by atoms with Gasteiger partial charge in [-0.25, -0.2) is 8.42 Å². The maximum absolute atomic E-state index is 11.4. The molecule has 0 heterocycles. The molecular formula is C10H20BrNO3S. The van der Waals surface area contributed by atoms with Crippen LogP contribution >= 0.6 is 15.9 Å². The van der Waals surface area contributed by atoms with Crippen LogP contribution in [0.15, 0.2) is 0 Å². The molecule has 0 bridgehead atoms. The summed E-state index contributed by atoms with van der Waals surface area (Å²) in [6.07, 6.45) is 5.29. The Morgan fingerprint density at radius 1 is 1.25 bits per heavy atom. The Labute approximate surface area is 106 Å². The summed E-state index contributed by atoms with van der Waals surface area (Å²) in [5, 5.41) is 2.69. The molecule has 0 fully saturated rings. The highest BCUT2D eigenvalue weighted by molar-refractivity contribution is 9.09. The van der Waals surface area contributed by atoms with Gasteiger partial charge in [-0.3, -0.25) is 4.79 Å². The van der Waals surface area contributed by atoms with E-state index in [4.69, 9.17) is 0 Å². The minimum Gasteiger partial charge on any atom is -0.355 e. The van der Waals surface area contributed by atoms with E-state index >= 15 is 0 Å². The molecule has 0 saturated heterocycles. The summed E-state index contributed by atoms with van der Waals surface area (Å²) in [6, 6.07) is 0. The number of alkyl halides is 1. The maximum Gasteiger partial charge on any atom is 0.238 e. The van der Waals surface area contributed by atoms with Gasteiger partial charge in [-0.15, -0.1) is 0 Å². The van der Waals surface area contributed by atoms with Crippen LogP contribution in [0.2, 0.25) is 0 Å². The number of halogens is 1. The fraction of sp³-hybridized carbons (Fsp3) is 0.900. The molecule has 0 aliphatic rings. The minimum atomic E-state index is -3.27. The molecule has 0 aromatic rings. The average Bonchev–Trinajstić information content (AvgIpc) is 2.20. The molecule has 0 aromatic carbocycles. The second-order valence-electron chi connectivity index (χ2n) is 3.87. The van der Waals surface area contributed by atoms with E-state index in [0.717, 1.165) is 37.3 Å². The second kappa shape index (κ2) is 8.06. The Hall–Kier alpha value is -0.100. The van der Waals surface area contributed by atoms with Gasteiger partial charge in [0, 0.05) is 18.1 Å². The van der Waals surface area contributed by atoms with Crippen molar-refractivity contribution in [1.29, 1.82) is 0 Å². The van der Waals surface area contributed by atoms with Gasteiger partial charge in [-0.1, -0.05) is 28.8 Å². The number of sulfone groups is 1. The number of hydrogen-bond acceptors (Lipinski definition) is 3. The number of amides is 1. The van der Waals surface area contributed by atoms with Crippen LogP contribution < -0.4 is 5.32 Å². The molecule has 1 unspecified atom stereocenters. The van der Waals surface area contributed by atoms with Gasteiger partial charge < -0.3 is 5.32 Å². The van der Waals surface area contributed by atoms with E-state index < -0.39 is 21.0 Å². The molecule has 1 N–H and O–H groups in total. The number of carbonyl (C=O) groups is 1. The van der Waals surface area contributed by atoms with Crippen LogP contribution in [0.25, 0.3) is 0 Å². The number of carbonyl (C=O) groups excluding carboxylic acids is 1. The summed E-state index contributed by atoms with van der Waals surface area (Å²) in [7, 11) is -3.27. The molecule has 0 aliphatic heterocycles. The monoisotopic (exact) mass is 313 g/mol. The topological polar surface area (TPSA) is 63.2 Å². The maximum atomic E-state index is 11.4. The van der Waals surface area contributed by atoms with Gasteiger partial charge in [-0.05, 0) is 19.8 Å².